The van der Waals surface area contributed by atoms with Gasteiger partial charge in [0.2, 0.25) is 0 Å². The number of nitrogens with two attached hydrogens (primary N) is 1. The fourth-order valence-corrected chi connectivity index (χ4v) is 1.83. The van der Waals surface area contributed by atoms with Crippen molar-refractivity contribution in [2.24, 2.45) is 5.73 Å². The Bertz CT molecular complexity index is 336. The molecule has 0 bridgehead atoms. The summed E-state index contributed by atoms with van der Waals surface area (Å²) in [5, 5.41) is 0. The van der Waals surface area contributed by atoms with E-state index in [-0.39, 0.29) is 5.78 Å². The summed E-state index contributed by atoms with van der Waals surface area (Å²) in [4.78, 5) is 11.6. The van der Waals surface area contributed by atoms with Crippen LogP contribution in [-0.4, -0.2) is 12.3 Å². The predicted octanol–water partition coefficient (Wildman–Crippen LogP) is 2.54. The number of halogens is 1. The lowest BCUT2D eigenvalue weighted by molar-refractivity contribution is 0.0985. The Morgan fingerprint density at radius 2 is 2.14 bits per heavy atom. The van der Waals surface area contributed by atoms with Crippen LogP contribution in [-0.2, 0) is 6.42 Å². The van der Waals surface area contributed by atoms with Gasteiger partial charge in [-0.25, -0.2) is 0 Å². The van der Waals surface area contributed by atoms with E-state index in [2.05, 4.69) is 22.9 Å². The molecule has 1 rings (SSSR count). The first kappa shape index (κ1) is 11.4. The van der Waals surface area contributed by atoms with E-state index in [0.29, 0.717) is 13.0 Å². The summed E-state index contributed by atoms with van der Waals surface area (Å²) in [6.45, 7) is 2.48. The van der Waals surface area contributed by atoms with Crippen LogP contribution in [0.5, 0.6) is 0 Å². The summed E-state index contributed by atoms with van der Waals surface area (Å²) in [5.74, 6) is 0.114. The van der Waals surface area contributed by atoms with Crippen molar-refractivity contribution in [2.45, 2.75) is 19.8 Å². The molecule has 0 saturated carbocycles. The smallest absolute Gasteiger partial charge is 0.164 e. The first-order valence-electron chi connectivity index (χ1n) is 4.70. The predicted molar refractivity (Wildman–Crippen MR) is 61.5 cm³/mol. The molecule has 0 fully saturated rings. The van der Waals surface area contributed by atoms with E-state index < -0.39 is 0 Å². The molecule has 76 valence electrons. The number of aryl methyl sites for hydroxylation is 1. The summed E-state index contributed by atoms with van der Waals surface area (Å²) in [7, 11) is 0. The largest absolute Gasteiger partial charge is 0.330 e. The summed E-state index contributed by atoms with van der Waals surface area (Å²) >= 11 is 3.39. The minimum Gasteiger partial charge on any atom is -0.330 e. The van der Waals surface area contributed by atoms with Crippen LogP contribution in [0.3, 0.4) is 0 Å². The highest BCUT2D eigenvalue weighted by Crippen LogP contribution is 2.17. The fourth-order valence-electron chi connectivity index (χ4n) is 1.29. The van der Waals surface area contributed by atoms with Gasteiger partial charge >= 0.3 is 0 Å². The Kier molecular flexibility index (Phi) is 4.29. The fraction of sp³-hybridized carbons (Fsp3) is 0.364. The van der Waals surface area contributed by atoms with Crippen molar-refractivity contribution in [3.05, 3.63) is 33.8 Å². The van der Waals surface area contributed by atoms with Gasteiger partial charge in [0, 0.05) is 16.5 Å². The summed E-state index contributed by atoms with van der Waals surface area (Å²) < 4.78 is 0.956. The molecule has 2 N–H and O–H groups in total. The van der Waals surface area contributed by atoms with E-state index >= 15 is 0 Å². The summed E-state index contributed by atoms with van der Waals surface area (Å²) in [6.07, 6.45) is 1.35. The van der Waals surface area contributed by atoms with Crippen LogP contribution < -0.4 is 5.73 Å². The molecule has 1 aromatic rings. The molecular formula is C11H14BrNO. The molecule has 2 nitrogen and oxygen atoms in total. The maximum Gasteiger partial charge on any atom is 0.164 e. The van der Waals surface area contributed by atoms with Crippen molar-refractivity contribution in [3.63, 3.8) is 0 Å². The summed E-state index contributed by atoms with van der Waals surface area (Å²) in [6, 6.07) is 5.80. The van der Waals surface area contributed by atoms with Crippen molar-refractivity contribution < 1.29 is 4.79 Å². The molecule has 0 aliphatic rings. The number of ketones is 1. The second-order valence-corrected chi connectivity index (χ2v) is 4.08. The van der Waals surface area contributed by atoms with E-state index in [0.717, 1.165) is 16.5 Å². The molecule has 0 atom stereocenters. The van der Waals surface area contributed by atoms with Gasteiger partial charge in [0.15, 0.2) is 5.78 Å². The number of benzene rings is 1. The van der Waals surface area contributed by atoms with Gasteiger partial charge in [-0.3, -0.25) is 4.79 Å². The zero-order chi connectivity index (χ0) is 10.6. The zero-order valence-corrected chi connectivity index (χ0v) is 9.80. The van der Waals surface area contributed by atoms with E-state index in [4.69, 9.17) is 5.73 Å². The van der Waals surface area contributed by atoms with Crippen molar-refractivity contribution in [3.8, 4) is 0 Å². The Morgan fingerprint density at radius 3 is 2.71 bits per heavy atom. The standard InChI is InChI=1S/C11H14BrNO/c1-2-8-5-9(7-10(12)6-8)11(14)3-4-13/h5-7H,2-4,13H2,1H3. The molecule has 0 heterocycles. The van der Waals surface area contributed by atoms with Crippen LogP contribution in [0.4, 0.5) is 0 Å². The quantitative estimate of drug-likeness (QED) is 0.841. The van der Waals surface area contributed by atoms with Crippen LogP contribution in [0.2, 0.25) is 0 Å². The normalized spacial score (nSPS) is 10.2. The Balaban J connectivity index is 2.96. The maximum atomic E-state index is 11.6. The number of hydrogen-bond donors (Lipinski definition) is 1. The third-order valence-electron chi connectivity index (χ3n) is 2.06. The van der Waals surface area contributed by atoms with Crippen LogP contribution in [0, 0.1) is 0 Å². The van der Waals surface area contributed by atoms with Crippen molar-refractivity contribution in [1.29, 1.82) is 0 Å². The number of carbonyl (C=O) groups excluding carboxylic acids is 1. The SMILES string of the molecule is CCc1cc(Br)cc(C(=O)CCN)c1. The molecule has 14 heavy (non-hydrogen) atoms. The number of hydrogen-bond acceptors (Lipinski definition) is 2. The second-order valence-electron chi connectivity index (χ2n) is 3.16. The van der Waals surface area contributed by atoms with Gasteiger partial charge in [0.25, 0.3) is 0 Å². The van der Waals surface area contributed by atoms with Crippen LogP contribution in [0.1, 0.15) is 29.3 Å². The average Bonchev–Trinajstić information content (AvgIpc) is 2.17. The third kappa shape index (κ3) is 2.93. The Morgan fingerprint density at radius 1 is 1.43 bits per heavy atom. The van der Waals surface area contributed by atoms with E-state index in [1.807, 2.05) is 18.2 Å². The van der Waals surface area contributed by atoms with E-state index in [1.54, 1.807) is 0 Å². The molecule has 3 heteroatoms. The minimum absolute atomic E-state index is 0.114. The van der Waals surface area contributed by atoms with Crippen LogP contribution >= 0.6 is 15.9 Å². The Labute approximate surface area is 92.6 Å². The minimum atomic E-state index is 0.114. The van der Waals surface area contributed by atoms with Gasteiger partial charge in [-0.2, -0.15) is 0 Å². The first-order chi connectivity index (χ1) is 6.67. The van der Waals surface area contributed by atoms with Gasteiger partial charge in [-0.15, -0.1) is 0 Å². The Hall–Kier alpha value is -0.670. The number of rotatable bonds is 4. The average molecular weight is 256 g/mol. The van der Waals surface area contributed by atoms with Crippen molar-refractivity contribution >= 4 is 21.7 Å². The maximum absolute atomic E-state index is 11.6. The molecule has 0 aliphatic carbocycles. The van der Waals surface area contributed by atoms with Gasteiger partial charge < -0.3 is 5.73 Å². The van der Waals surface area contributed by atoms with Gasteiger partial charge in [-0.05, 0) is 36.7 Å². The lowest BCUT2D eigenvalue weighted by atomic mass is 10.0. The van der Waals surface area contributed by atoms with Crippen LogP contribution in [0.25, 0.3) is 0 Å². The molecule has 0 radical (unpaired) electrons. The second kappa shape index (κ2) is 5.27. The molecular weight excluding hydrogens is 242 g/mol. The molecule has 0 aromatic heterocycles. The lowest BCUT2D eigenvalue weighted by Gasteiger charge is -2.03. The zero-order valence-electron chi connectivity index (χ0n) is 8.22. The molecule has 0 saturated heterocycles. The molecule has 1 aromatic carbocycles. The van der Waals surface area contributed by atoms with Gasteiger partial charge in [0.05, 0.1) is 0 Å². The first-order valence-corrected chi connectivity index (χ1v) is 5.49. The lowest BCUT2D eigenvalue weighted by Crippen LogP contribution is -2.08. The molecule has 0 unspecified atom stereocenters. The molecule has 0 spiro atoms. The highest BCUT2D eigenvalue weighted by atomic mass is 79.9. The number of Topliss-reactive ketones (excluding diaryl/α,β-unsaturated/α-hetero) is 1. The number of carbonyl (C=O) groups is 1. The van der Waals surface area contributed by atoms with Crippen molar-refractivity contribution in [2.75, 3.05) is 6.54 Å². The third-order valence-corrected chi connectivity index (χ3v) is 2.52. The molecule has 0 amide bonds. The highest BCUT2D eigenvalue weighted by molar-refractivity contribution is 9.10. The van der Waals surface area contributed by atoms with Crippen molar-refractivity contribution in [1.82, 2.24) is 0 Å². The van der Waals surface area contributed by atoms with Crippen LogP contribution in [0.15, 0.2) is 22.7 Å². The van der Waals surface area contributed by atoms with Gasteiger partial charge in [0.1, 0.15) is 0 Å². The van der Waals surface area contributed by atoms with Gasteiger partial charge in [-0.1, -0.05) is 22.9 Å². The van der Waals surface area contributed by atoms with E-state index in [9.17, 15) is 4.79 Å². The molecule has 0 aliphatic heterocycles. The monoisotopic (exact) mass is 255 g/mol. The summed E-state index contributed by atoms with van der Waals surface area (Å²) in [5.41, 5.74) is 7.26. The van der Waals surface area contributed by atoms with E-state index in [1.165, 1.54) is 5.56 Å². The topological polar surface area (TPSA) is 43.1 Å². The highest BCUT2D eigenvalue weighted by Gasteiger charge is 2.06.